The van der Waals surface area contributed by atoms with Crippen molar-refractivity contribution in [2.75, 3.05) is 10.6 Å². The number of aromatic nitrogens is 2. The second-order valence-corrected chi connectivity index (χ2v) is 9.35. The van der Waals surface area contributed by atoms with Crippen molar-refractivity contribution in [3.63, 3.8) is 0 Å². The maximum absolute atomic E-state index is 12.9. The van der Waals surface area contributed by atoms with Gasteiger partial charge in [-0.3, -0.25) is 4.79 Å². The first-order valence-electron chi connectivity index (χ1n) is 10.8. The molecule has 0 spiro atoms. The van der Waals surface area contributed by atoms with Gasteiger partial charge in [-0.15, -0.1) is 11.3 Å². The Bertz CT molecular complexity index is 1240. The van der Waals surface area contributed by atoms with Gasteiger partial charge in [-0.05, 0) is 62.2 Å². The van der Waals surface area contributed by atoms with E-state index in [1.54, 1.807) is 11.3 Å². The van der Waals surface area contributed by atoms with Gasteiger partial charge in [-0.2, -0.15) is 0 Å². The molecule has 0 saturated carbocycles. The number of anilines is 2. The lowest BCUT2D eigenvalue weighted by Gasteiger charge is -2.21. The van der Waals surface area contributed by atoms with E-state index in [0.29, 0.717) is 16.5 Å². The second-order valence-electron chi connectivity index (χ2n) is 7.77. The largest absolute Gasteiger partial charge is 0.343 e. The van der Waals surface area contributed by atoms with Gasteiger partial charge in [-0.25, -0.2) is 9.97 Å². The Hall–Kier alpha value is -3.22. The molecule has 4 rings (SSSR count). The highest BCUT2D eigenvalue weighted by molar-refractivity contribution is 7.16. The molecule has 0 bridgehead atoms. The smallest absolute Gasteiger partial charge is 0.256 e. The summed E-state index contributed by atoms with van der Waals surface area (Å²) in [5, 5.41) is 8.09. The van der Waals surface area contributed by atoms with Crippen LogP contribution in [0, 0.1) is 13.8 Å². The van der Waals surface area contributed by atoms with Crippen LogP contribution in [0.3, 0.4) is 0 Å². The highest BCUT2D eigenvalue weighted by Crippen LogP contribution is 2.38. The number of amides is 1. The lowest BCUT2D eigenvalue weighted by atomic mass is 10.00. The van der Waals surface area contributed by atoms with Crippen molar-refractivity contribution in [2.24, 2.45) is 0 Å². The van der Waals surface area contributed by atoms with E-state index >= 15 is 0 Å². The van der Waals surface area contributed by atoms with Crippen molar-refractivity contribution in [1.82, 2.24) is 9.97 Å². The van der Waals surface area contributed by atoms with E-state index in [0.717, 1.165) is 33.9 Å². The van der Waals surface area contributed by atoms with Gasteiger partial charge in [0.05, 0.1) is 6.04 Å². The predicted octanol–water partition coefficient (Wildman–Crippen LogP) is 6.82. The minimum atomic E-state index is -0.272. The van der Waals surface area contributed by atoms with Crippen LogP contribution in [0.4, 0.5) is 10.9 Å². The zero-order valence-corrected chi connectivity index (χ0v) is 20.3. The number of hydrogen-bond donors (Lipinski definition) is 2. The summed E-state index contributed by atoms with van der Waals surface area (Å²) in [6.07, 6.45) is 0.867. The van der Waals surface area contributed by atoms with Crippen LogP contribution in [0.5, 0.6) is 0 Å². The Kier molecular flexibility index (Phi) is 7.06. The molecule has 0 aliphatic rings. The topological polar surface area (TPSA) is 66.9 Å². The molecule has 168 valence electrons. The first-order chi connectivity index (χ1) is 15.9. The number of nitrogens with one attached hydrogen (secondary N) is 2. The Labute approximate surface area is 202 Å². The van der Waals surface area contributed by atoms with Crippen molar-refractivity contribution in [3.05, 3.63) is 105 Å². The molecule has 0 saturated heterocycles. The third kappa shape index (κ3) is 5.59. The SMILES string of the molecule is CCc1cc(C(Nc2nc(C)cc(C)n2)c2ccc(Cl)cc2)c(NC(=O)c2ccccc2)s1. The van der Waals surface area contributed by atoms with Gasteiger partial charge in [0.15, 0.2) is 0 Å². The molecule has 2 N–H and O–H groups in total. The van der Waals surface area contributed by atoms with Crippen molar-refractivity contribution >= 4 is 39.8 Å². The van der Waals surface area contributed by atoms with Gasteiger partial charge < -0.3 is 10.6 Å². The fraction of sp³-hybridized carbons (Fsp3) is 0.192. The number of hydrogen-bond acceptors (Lipinski definition) is 5. The van der Waals surface area contributed by atoms with Gasteiger partial charge in [-0.1, -0.05) is 48.9 Å². The summed E-state index contributed by atoms with van der Waals surface area (Å²) in [5.41, 5.74) is 4.35. The number of carbonyl (C=O) groups is 1. The maximum Gasteiger partial charge on any atom is 0.256 e. The van der Waals surface area contributed by atoms with Crippen molar-refractivity contribution in [3.8, 4) is 0 Å². The second kappa shape index (κ2) is 10.1. The van der Waals surface area contributed by atoms with Crippen LogP contribution in [0.15, 0.2) is 66.7 Å². The van der Waals surface area contributed by atoms with E-state index in [4.69, 9.17) is 11.6 Å². The molecule has 2 aromatic carbocycles. The molecule has 1 unspecified atom stereocenters. The fourth-order valence-corrected chi connectivity index (χ4v) is 4.78. The number of aryl methyl sites for hydroxylation is 3. The maximum atomic E-state index is 12.9. The molecular formula is C26H25ClN4OS. The number of rotatable bonds is 7. The fourth-order valence-electron chi connectivity index (χ4n) is 3.63. The van der Waals surface area contributed by atoms with Crippen LogP contribution in [0.25, 0.3) is 0 Å². The first kappa shape index (κ1) is 23.0. The number of thiophene rings is 1. The molecule has 7 heteroatoms. The summed E-state index contributed by atoms with van der Waals surface area (Å²) >= 11 is 7.75. The number of benzene rings is 2. The summed E-state index contributed by atoms with van der Waals surface area (Å²) < 4.78 is 0. The minimum Gasteiger partial charge on any atom is -0.343 e. The number of nitrogens with zero attached hydrogens (tertiary/aromatic N) is 2. The average Bonchev–Trinajstić information content (AvgIpc) is 3.20. The Morgan fingerprint density at radius 3 is 2.30 bits per heavy atom. The standard InChI is InChI=1S/C26H25ClN4OS/c1-4-21-15-22(25(33-21)31-24(32)19-8-6-5-7-9-19)23(18-10-12-20(27)13-11-18)30-26-28-16(2)14-17(3)29-26/h5-15,23H,4H2,1-3H3,(H,31,32)(H,28,29,30). The van der Waals surface area contributed by atoms with Gasteiger partial charge >= 0.3 is 0 Å². The monoisotopic (exact) mass is 476 g/mol. The molecule has 1 atom stereocenters. The van der Waals surface area contributed by atoms with E-state index in [-0.39, 0.29) is 11.9 Å². The summed E-state index contributed by atoms with van der Waals surface area (Å²) in [6.45, 7) is 6.00. The molecule has 0 fully saturated rings. The Balaban J connectivity index is 1.76. The molecular weight excluding hydrogens is 452 g/mol. The van der Waals surface area contributed by atoms with E-state index < -0.39 is 0 Å². The van der Waals surface area contributed by atoms with Crippen LogP contribution in [-0.2, 0) is 6.42 Å². The zero-order chi connectivity index (χ0) is 23.4. The molecule has 5 nitrogen and oxygen atoms in total. The summed E-state index contributed by atoms with van der Waals surface area (Å²) in [4.78, 5) is 23.3. The van der Waals surface area contributed by atoms with Crippen LogP contribution >= 0.6 is 22.9 Å². The Morgan fingerprint density at radius 1 is 1.00 bits per heavy atom. The van der Waals surface area contributed by atoms with E-state index in [9.17, 15) is 4.79 Å². The van der Waals surface area contributed by atoms with Gasteiger partial charge in [0, 0.05) is 32.4 Å². The van der Waals surface area contributed by atoms with Crippen molar-refractivity contribution in [2.45, 2.75) is 33.2 Å². The predicted molar refractivity (Wildman–Crippen MR) is 137 cm³/mol. The lowest BCUT2D eigenvalue weighted by molar-refractivity contribution is 0.102. The average molecular weight is 477 g/mol. The summed E-state index contributed by atoms with van der Waals surface area (Å²) in [7, 11) is 0. The normalized spacial score (nSPS) is 11.8. The molecule has 0 aliphatic heterocycles. The van der Waals surface area contributed by atoms with Gasteiger partial charge in [0.25, 0.3) is 5.91 Å². The van der Waals surface area contributed by atoms with Crippen LogP contribution in [-0.4, -0.2) is 15.9 Å². The summed E-state index contributed by atoms with van der Waals surface area (Å²) in [6, 6.07) is 20.7. The highest BCUT2D eigenvalue weighted by atomic mass is 35.5. The van der Waals surface area contributed by atoms with Crippen LogP contribution in [0.1, 0.15) is 50.7 Å². The summed E-state index contributed by atoms with van der Waals surface area (Å²) in [5.74, 6) is 0.399. The number of halogens is 1. The zero-order valence-electron chi connectivity index (χ0n) is 18.7. The lowest BCUT2D eigenvalue weighted by Crippen LogP contribution is -2.18. The highest BCUT2D eigenvalue weighted by Gasteiger charge is 2.23. The molecule has 33 heavy (non-hydrogen) atoms. The minimum absolute atomic E-state index is 0.140. The van der Waals surface area contributed by atoms with Crippen LogP contribution in [0.2, 0.25) is 5.02 Å². The van der Waals surface area contributed by atoms with Crippen molar-refractivity contribution < 1.29 is 4.79 Å². The molecule has 2 heterocycles. The van der Waals surface area contributed by atoms with E-state index in [2.05, 4.69) is 33.6 Å². The first-order valence-corrected chi connectivity index (χ1v) is 12.0. The van der Waals surface area contributed by atoms with E-state index in [1.807, 2.05) is 74.5 Å². The van der Waals surface area contributed by atoms with Crippen LogP contribution < -0.4 is 10.6 Å². The van der Waals surface area contributed by atoms with Crippen molar-refractivity contribution in [1.29, 1.82) is 0 Å². The molecule has 1 amide bonds. The molecule has 2 aromatic heterocycles. The van der Waals surface area contributed by atoms with Gasteiger partial charge in [0.1, 0.15) is 5.00 Å². The van der Waals surface area contributed by atoms with Gasteiger partial charge in [0.2, 0.25) is 5.95 Å². The van der Waals surface area contributed by atoms with E-state index in [1.165, 1.54) is 4.88 Å². The molecule has 4 aromatic rings. The third-order valence-electron chi connectivity index (χ3n) is 5.19. The Morgan fingerprint density at radius 2 is 1.67 bits per heavy atom. The quantitative estimate of drug-likeness (QED) is 0.307. The molecule has 0 aliphatic carbocycles. The third-order valence-corrected chi connectivity index (χ3v) is 6.66. The molecule has 0 radical (unpaired) electrons. The number of carbonyl (C=O) groups excluding carboxylic acids is 1.